The van der Waals surface area contributed by atoms with Crippen LogP contribution in [-0.2, 0) is 0 Å². The van der Waals surface area contributed by atoms with Gasteiger partial charge in [0.15, 0.2) is 0 Å². The second kappa shape index (κ2) is 2.43. The summed E-state index contributed by atoms with van der Waals surface area (Å²) in [7, 11) is 0. The van der Waals surface area contributed by atoms with E-state index in [1.807, 2.05) is 12.1 Å². The van der Waals surface area contributed by atoms with E-state index in [0.717, 1.165) is 4.70 Å². The molecule has 0 aliphatic heterocycles. The van der Waals surface area contributed by atoms with Crippen LogP contribution in [0.25, 0.3) is 10.2 Å². The van der Waals surface area contributed by atoms with Gasteiger partial charge in [-0.1, -0.05) is 12.1 Å². The Balaban J connectivity index is 3.09. The van der Waals surface area contributed by atoms with Gasteiger partial charge in [-0.25, -0.2) is 4.98 Å². The molecule has 0 N–H and O–H groups in total. The van der Waals surface area contributed by atoms with Crippen LogP contribution in [0, 0.1) is 0 Å². The van der Waals surface area contributed by atoms with Crippen molar-refractivity contribution in [2.45, 2.75) is 0 Å². The highest BCUT2D eigenvalue weighted by atomic mass is 32.1. The van der Waals surface area contributed by atoms with Gasteiger partial charge in [0.1, 0.15) is 5.52 Å². The molecule has 11 heavy (non-hydrogen) atoms. The van der Waals surface area contributed by atoms with Crippen molar-refractivity contribution in [3.8, 4) is 0 Å². The molecule has 2 nitrogen and oxygen atoms in total. The van der Waals surface area contributed by atoms with E-state index in [1.165, 1.54) is 17.4 Å². The Kier molecular flexibility index (Phi) is 1.43. The molecule has 54 valence electrons. The maximum absolute atomic E-state index is 11.2. The van der Waals surface area contributed by atoms with Crippen LogP contribution in [0.4, 0.5) is 0 Å². The third kappa shape index (κ3) is 1.03. The number of thiazole rings is 1. The standard InChI is InChI=1S/C8H5NOS/c10-6-3-1-2-4-7-8(6)9-5-11-7/h1-5H. The number of rotatable bonds is 0. The molecule has 0 amide bonds. The molecule has 2 aromatic rings. The minimum absolute atomic E-state index is 0.00810. The van der Waals surface area contributed by atoms with Crippen LogP contribution in [0.3, 0.4) is 0 Å². The zero-order valence-corrected chi connectivity index (χ0v) is 6.47. The predicted octanol–water partition coefficient (Wildman–Crippen LogP) is 1.66. The summed E-state index contributed by atoms with van der Waals surface area (Å²) in [6.45, 7) is 0. The molecule has 0 atom stereocenters. The topological polar surface area (TPSA) is 30.0 Å². The predicted molar refractivity (Wildman–Crippen MR) is 45.9 cm³/mol. The molecular weight excluding hydrogens is 158 g/mol. The molecule has 0 aliphatic rings. The molecule has 0 saturated heterocycles. The summed E-state index contributed by atoms with van der Waals surface area (Å²) >= 11 is 1.48. The summed E-state index contributed by atoms with van der Waals surface area (Å²) < 4.78 is 0.944. The van der Waals surface area contributed by atoms with Crippen LogP contribution in [0.5, 0.6) is 0 Å². The van der Waals surface area contributed by atoms with Crippen LogP contribution >= 0.6 is 11.3 Å². The maximum Gasteiger partial charge on any atom is 0.205 e. The van der Waals surface area contributed by atoms with Gasteiger partial charge in [0.05, 0.1) is 10.2 Å². The first-order valence-electron chi connectivity index (χ1n) is 3.20. The monoisotopic (exact) mass is 163 g/mol. The summed E-state index contributed by atoms with van der Waals surface area (Å²) in [6.07, 6.45) is 0. The molecule has 1 aromatic carbocycles. The fraction of sp³-hybridized carbons (Fsp3) is 0. The van der Waals surface area contributed by atoms with E-state index in [-0.39, 0.29) is 5.43 Å². The van der Waals surface area contributed by atoms with Gasteiger partial charge in [0, 0.05) is 0 Å². The number of hydrogen-bond acceptors (Lipinski definition) is 3. The third-order valence-electron chi connectivity index (χ3n) is 1.43. The fourth-order valence-corrected chi connectivity index (χ4v) is 1.62. The highest BCUT2D eigenvalue weighted by Crippen LogP contribution is 2.11. The van der Waals surface area contributed by atoms with Crippen LogP contribution in [0.2, 0.25) is 0 Å². The molecule has 0 unspecified atom stereocenters. The average Bonchev–Trinajstić information content (AvgIpc) is 2.40. The Hall–Kier alpha value is -1.22. The molecule has 0 saturated carbocycles. The van der Waals surface area contributed by atoms with E-state index in [9.17, 15) is 4.79 Å². The molecule has 0 bridgehead atoms. The molecule has 0 radical (unpaired) electrons. The summed E-state index contributed by atoms with van der Waals surface area (Å²) in [6, 6.07) is 7.01. The first kappa shape index (κ1) is 6.49. The van der Waals surface area contributed by atoms with E-state index < -0.39 is 0 Å². The van der Waals surface area contributed by atoms with Crippen molar-refractivity contribution in [2.24, 2.45) is 0 Å². The van der Waals surface area contributed by atoms with Crippen LogP contribution in [0.1, 0.15) is 0 Å². The molecule has 0 fully saturated rings. The quantitative estimate of drug-likeness (QED) is 0.591. The van der Waals surface area contributed by atoms with Gasteiger partial charge in [0.2, 0.25) is 5.43 Å². The number of nitrogens with zero attached hydrogens (tertiary/aromatic N) is 1. The van der Waals surface area contributed by atoms with Crippen LogP contribution in [-0.4, -0.2) is 4.98 Å². The maximum atomic E-state index is 11.2. The molecule has 0 spiro atoms. The van der Waals surface area contributed by atoms with Gasteiger partial charge in [-0.05, 0) is 12.1 Å². The van der Waals surface area contributed by atoms with E-state index in [0.29, 0.717) is 5.52 Å². The van der Waals surface area contributed by atoms with Crippen molar-refractivity contribution in [1.82, 2.24) is 4.98 Å². The lowest BCUT2D eigenvalue weighted by molar-refractivity contribution is 1.48. The first-order chi connectivity index (χ1) is 5.38. The largest absolute Gasteiger partial charge is 0.287 e. The van der Waals surface area contributed by atoms with Crippen molar-refractivity contribution in [2.75, 3.05) is 0 Å². The minimum atomic E-state index is -0.00810. The van der Waals surface area contributed by atoms with E-state index in [4.69, 9.17) is 0 Å². The van der Waals surface area contributed by atoms with Gasteiger partial charge in [-0.2, -0.15) is 0 Å². The number of aromatic nitrogens is 1. The lowest BCUT2D eigenvalue weighted by Crippen LogP contribution is -1.93. The molecule has 2 rings (SSSR count). The van der Waals surface area contributed by atoms with Gasteiger partial charge in [-0.3, -0.25) is 4.79 Å². The second-order valence-electron chi connectivity index (χ2n) is 2.15. The zero-order chi connectivity index (χ0) is 7.68. The molecule has 3 heteroatoms. The molecule has 0 aliphatic carbocycles. The lowest BCUT2D eigenvalue weighted by Gasteiger charge is -1.71. The summed E-state index contributed by atoms with van der Waals surface area (Å²) in [5.74, 6) is 0. The van der Waals surface area contributed by atoms with Crippen molar-refractivity contribution in [3.63, 3.8) is 0 Å². The SMILES string of the molecule is O=c1ccccc2scnc12. The van der Waals surface area contributed by atoms with Crippen molar-refractivity contribution in [1.29, 1.82) is 0 Å². The minimum Gasteiger partial charge on any atom is -0.287 e. The normalized spacial score (nSPS) is 10.2. The molecule has 1 heterocycles. The Morgan fingerprint density at radius 2 is 2.09 bits per heavy atom. The second-order valence-corrected chi connectivity index (χ2v) is 3.03. The van der Waals surface area contributed by atoms with Crippen molar-refractivity contribution >= 4 is 21.6 Å². The molecular formula is C8H5NOS. The zero-order valence-electron chi connectivity index (χ0n) is 5.65. The van der Waals surface area contributed by atoms with Gasteiger partial charge in [-0.15, -0.1) is 11.3 Å². The number of fused-ring (bicyclic) bond motifs is 1. The third-order valence-corrected chi connectivity index (χ3v) is 2.23. The molecule has 1 aromatic heterocycles. The first-order valence-corrected chi connectivity index (χ1v) is 4.08. The Bertz CT molecular complexity index is 435. The van der Waals surface area contributed by atoms with Gasteiger partial charge in [0.25, 0.3) is 0 Å². The lowest BCUT2D eigenvalue weighted by atomic mass is 10.4. The van der Waals surface area contributed by atoms with E-state index in [2.05, 4.69) is 4.98 Å². The Labute approximate surface area is 67.1 Å². The summed E-state index contributed by atoms with van der Waals surface area (Å²) in [4.78, 5) is 15.1. The fourth-order valence-electron chi connectivity index (χ4n) is 0.923. The van der Waals surface area contributed by atoms with Gasteiger partial charge < -0.3 is 0 Å². The summed E-state index contributed by atoms with van der Waals surface area (Å²) in [5, 5.41) is 0. The Morgan fingerprint density at radius 3 is 3.00 bits per heavy atom. The number of hydrogen-bond donors (Lipinski definition) is 0. The highest BCUT2D eigenvalue weighted by molar-refractivity contribution is 7.16. The van der Waals surface area contributed by atoms with Gasteiger partial charge >= 0.3 is 0 Å². The highest BCUT2D eigenvalue weighted by Gasteiger charge is 1.95. The van der Waals surface area contributed by atoms with Crippen LogP contribution < -0.4 is 5.43 Å². The van der Waals surface area contributed by atoms with Crippen molar-refractivity contribution < 1.29 is 0 Å². The van der Waals surface area contributed by atoms with Crippen LogP contribution in [0.15, 0.2) is 34.6 Å². The van der Waals surface area contributed by atoms with E-state index >= 15 is 0 Å². The summed E-state index contributed by atoms with van der Waals surface area (Å²) in [5.41, 5.74) is 2.25. The smallest absolute Gasteiger partial charge is 0.205 e. The average molecular weight is 163 g/mol. The Morgan fingerprint density at radius 1 is 1.27 bits per heavy atom. The van der Waals surface area contributed by atoms with Crippen molar-refractivity contribution in [3.05, 3.63) is 40.0 Å². The van der Waals surface area contributed by atoms with E-state index in [1.54, 1.807) is 11.6 Å².